The molecule has 0 saturated heterocycles. The predicted molar refractivity (Wildman–Crippen MR) is 116 cm³/mol. The predicted octanol–water partition coefficient (Wildman–Crippen LogP) is 2.65. The summed E-state index contributed by atoms with van der Waals surface area (Å²) in [4.78, 5) is 16.3. The second kappa shape index (κ2) is 9.00. The minimum Gasteiger partial charge on any atom is -0.488 e. The van der Waals surface area contributed by atoms with E-state index in [1.165, 1.54) is 0 Å². The Morgan fingerprint density at radius 2 is 2.16 bits per heavy atom. The Hall–Kier alpha value is -3.66. The number of nitrogens with zero attached hydrogens (tertiary/aromatic N) is 3. The number of allylic oxidation sites excluding steroid dienone is 2. The first-order chi connectivity index (χ1) is 15.0. The van der Waals surface area contributed by atoms with Gasteiger partial charge in [0.25, 0.3) is 5.91 Å². The molecule has 0 aliphatic heterocycles. The number of fused-ring (bicyclic) bond motifs is 1. The van der Waals surface area contributed by atoms with Crippen LogP contribution in [-0.2, 0) is 14.3 Å². The third kappa shape index (κ3) is 4.92. The van der Waals surface area contributed by atoms with Crippen molar-refractivity contribution in [3.8, 4) is 0 Å². The largest absolute Gasteiger partial charge is 0.488 e. The van der Waals surface area contributed by atoms with Gasteiger partial charge in [0.15, 0.2) is 12.4 Å². The van der Waals surface area contributed by atoms with Crippen LogP contribution in [0, 0.1) is 0 Å². The van der Waals surface area contributed by atoms with Gasteiger partial charge in [-0.3, -0.25) is 15.0 Å². The third-order valence-electron chi connectivity index (χ3n) is 4.76. The van der Waals surface area contributed by atoms with Gasteiger partial charge in [-0.1, -0.05) is 0 Å². The summed E-state index contributed by atoms with van der Waals surface area (Å²) in [6.07, 6.45) is 5.69. The maximum Gasteiger partial charge on any atom is 0.258 e. The summed E-state index contributed by atoms with van der Waals surface area (Å²) in [5.41, 5.74) is 2.67. The van der Waals surface area contributed by atoms with Crippen LogP contribution in [0.5, 0.6) is 0 Å². The minimum absolute atomic E-state index is 0.0268. The molecule has 0 radical (unpaired) electrons. The lowest BCUT2D eigenvalue weighted by Crippen LogP contribution is -2.33. The summed E-state index contributed by atoms with van der Waals surface area (Å²) in [6.45, 7) is 3.79. The maximum absolute atomic E-state index is 11.8. The van der Waals surface area contributed by atoms with Crippen LogP contribution in [0.3, 0.4) is 0 Å². The molecule has 10 nitrogen and oxygen atoms in total. The Bertz CT molecular complexity index is 1130. The van der Waals surface area contributed by atoms with E-state index in [9.17, 15) is 4.79 Å². The van der Waals surface area contributed by atoms with Gasteiger partial charge in [0.05, 0.1) is 23.6 Å². The fourth-order valence-corrected chi connectivity index (χ4v) is 3.32. The van der Waals surface area contributed by atoms with Crippen molar-refractivity contribution >= 4 is 34.0 Å². The van der Waals surface area contributed by atoms with Gasteiger partial charge in [-0.2, -0.15) is 10.1 Å². The molecular weight excluding hydrogens is 398 g/mol. The molecule has 1 aliphatic carbocycles. The number of benzene rings is 1. The number of anilines is 2. The van der Waals surface area contributed by atoms with Crippen LogP contribution in [0.2, 0.25) is 0 Å². The zero-order valence-electron chi connectivity index (χ0n) is 17.6. The molecule has 2 heterocycles. The molecule has 4 N–H and O–H groups in total. The number of hydrogen-bond acceptors (Lipinski definition) is 7. The van der Waals surface area contributed by atoms with E-state index in [0.717, 1.165) is 22.2 Å². The number of amides is 1. The maximum atomic E-state index is 11.8. The SMILES string of the molecule is COC1CC(OCC(=O)NC(C)C)=CC=C1c1nc(Nc2ccc3[nH]ncc3c2)n[nH]1. The first-order valence-electron chi connectivity index (χ1n) is 10.0. The fourth-order valence-electron chi connectivity index (χ4n) is 3.32. The molecule has 0 bridgehead atoms. The Balaban J connectivity index is 1.44. The molecule has 4 rings (SSSR count). The van der Waals surface area contributed by atoms with E-state index in [2.05, 4.69) is 36.0 Å². The van der Waals surface area contributed by atoms with E-state index in [1.54, 1.807) is 13.3 Å². The van der Waals surface area contributed by atoms with Crippen molar-refractivity contribution < 1.29 is 14.3 Å². The van der Waals surface area contributed by atoms with Gasteiger partial charge in [0, 0.05) is 36.2 Å². The zero-order valence-corrected chi connectivity index (χ0v) is 17.6. The molecule has 1 aliphatic rings. The number of aromatic amines is 2. The first kappa shape index (κ1) is 20.6. The van der Waals surface area contributed by atoms with Crippen LogP contribution < -0.4 is 10.6 Å². The zero-order chi connectivity index (χ0) is 21.8. The summed E-state index contributed by atoms with van der Waals surface area (Å²) in [5, 5.41) is 21.1. The number of carbonyl (C=O) groups excluding carboxylic acids is 1. The Morgan fingerprint density at radius 1 is 1.29 bits per heavy atom. The summed E-state index contributed by atoms with van der Waals surface area (Å²) >= 11 is 0. The third-order valence-corrected chi connectivity index (χ3v) is 4.76. The standard InChI is InChI=1S/C21H25N7O3/c1-12(2)23-19(29)11-31-15-5-6-16(18(9-15)30-3)20-25-21(28-27-20)24-14-4-7-17-13(8-14)10-22-26-17/h4-8,10,12,18H,9,11H2,1-3H3,(H,22,26)(H,23,29)(H2,24,25,27,28). The Kier molecular flexibility index (Phi) is 5.99. The lowest BCUT2D eigenvalue weighted by Gasteiger charge is -2.22. The fraction of sp³-hybridized carbons (Fsp3) is 0.333. The number of aromatic nitrogens is 5. The molecule has 0 spiro atoms. The van der Waals surface area contributed by atoms with Gasteiger partial charge < -0.3 is 20.1 Å². The van der Waals surface area contributed by atoms with E-state index in [-0.39, 0.29) is 24.7 Å². The van der Waals surface area contributed by atoms with E-state index in [4.69, 9.17) is 9.47 Å². The van der Waals surface area contributed by atoms with Crippen LogP contribution in [0.25, 0.3) is 16.5 Å². The molecule has 1 atom stereocenters. The molecule has 162 valence electrons. The number of carbonyl (C=O) groups is 1. The van der Waals surface area contributed by atoms with E-state index in [1.807, 2.05) is 44.2 Å². The van der Waals surface area contributed by atoms with Crippen molar-refractivity contribution in [1.29, 1.82) is 0 Å². The van der Waals surface area contributed by atoms with Crippen LogP contribution in [-0.4, -0.2) is 57.1 Å². The van der Waals surface area contributed by atoms with Crippen molar-refractivity contribution in [2.45, 2.75) is 32.4 Å². The van der Waals surface area contributed by atoms with Crippen LogP contribution in [0.1, 0.15) is 26.1 Å². The smallest absolute Gasteiger partial charge is 0.258 e. The number of nitrogens with one attached hydrogen (secondary N) is 4. The van der Waals surface area contributed by atoms with Crippen molar-refractivity contribution in [2.24, 2.45) is 0 Å². The molecule has 1 aromatic carbocycles. The lowest BCUT2D eigenvalue weighted by molar-refractivity contribution is -0.125. The average molecular weight is 423 g/mol. The summed E-state index contributed by atoms with van der Waals surface area (Å²) in [6, 6.07) is 5.91. The van der Waals surface area contributed by atoms with Crippen molar-refractivity contribution in [1.82, 2.24) is 30.7 Å². The molecule has 3 aromatic rings. The number of rotatable bonds is 8. The molecule has 1 amide bonds. The second-order valence-electron chi connectivity index (χ2n) is 7.50. The lowest BCUT2D eigenvalue weighted by atomic mass is 9.99. The average Bonchev–Trinajstić information content (AvgIpc) is 3.40. The molecule has 1 unspecified atom stereocenters. The summed E-state index contributed by atoms with van der Waals surface area (Å²) in [5.74, 6) is 1.58. The Labute approximate surface area is 179 Å². The first-order valence-corrected chi connectivity index (χ1v) is 10.0. The molecule has 0 fully saturated rings. The summed E-state index contributed by atoms with van der Waals surface area (Å²) in [7, 11) is 1.63. The molecule has 10 heteroatoms. The highest BCUT2D eigenvalue weighted by atomic mass is 16.5. The van der Waals surface area contributed by atoms with Gasteiger partial charge in [-0.05, 0) is 44.2 Å². The van der Waals surface area contributed by atoms with E-state index >= 15 is 0 Å². The quantitative estimate of drug-likeness (QED) is 0.438. The number of ether oxygens (including phenoxy) is 2. The molecule has 31 heavy (non-hydrogen) atoms. The topological polar surface area (TPSA) is 130 Å². The Morgan fingerprint density at radius 3 is 2.97 bits per heavy atom. The van der Waals surface area contributed by atoms with Crippen LogP contribution in [0.4, 0.5) is 11.6 Å². The molecule has 2 aromatic heterocycles. The van der Waals surface area contributed by atoms with E-state index in [0.29, 0.717) is 24.0 Å². The highest BCUT2D eigenvalue weighted by Crippen LogP contribution is 2.29. The van der Waals surface area contributed by atoms with E-state index < -0.39 is 0 Å². The van der Waals surface area contributed by atoms with Crippen LogP contribution in [0.15, 0.2) is 42.3 Å². The number of hydrogen-bond donors (Lipinski definition) is 4. The highest BCUT2D eigenvalue weighted by molar-refractivity contribution is 5.82. The van der Waals surface area contributed by atoms with Crippen molar-refractivity contribution in [3.05, 3.63) is 48.1 Å². The number of H-pyrrole nitrogens is 2. The monoisotopic (exact) mass is 423 g/mol. The molecule has 0 saturated carbocycles. The molecular formula is C21H25N7O3. The normalized spacial score (nSPS) is 16.2. The van der Waals surface area contributed by atoms with Gasteiger partial charge in [-0.15, -0.1) is 5.10 Å². The summed E-state index contributed by atoms with van der Waals surface area (Å²) < 4.78 is 11.3. The van der Waals surface area contributed by atoms with Gasteiger partial charge in [0.2, 0.25) is 5.95 Å². The minimum atomic E-state index is -0.267. The van der Waals surface area contributed by atoms with Gasteiger partial charge in [-0.25, -0.2) is 0 Å². The van der Waals surface area contributed by atoms with Gasteiger partial charge in [0.1, 0.15) is 0 Å². The van der Waals surface area contributed by atoms with Gasteiger partial charge >= 0.3 is 0 Å². The second-order valence-corrected chi connectivity index (χ2v) is 7.50. The highest BCUT2D eigenvalue weighted by Gasteiger charge is 2.24. The number of methoxy groups -OCH3 is 1. The van der Waals surface area contributed by atoms with Crippen LogP contribution >= 0.6 is 0 Å². The van der Waals surface area contributed by atoms with Crippen molar-refractivity contribution in [2.75, 3.05) is 19.0 Å². The van der Waals surface area contributed by atoms with Crippen molar-refractivity contribution in [3.63, 3.8) is 0 Å².